The average Bonchev–Trinajstić information content (AvgIpc) is 3.23. The summed E-state index contributed by atoms with van der Waals surface area (Å²) in [6.45, 7) is 1.41. The Morgan fingerprint density at radius 2 is 1.66 bits per heavy atom. The highest BCUT2D eigenvalue weighted by molar-refractivity contribution is 6.03. The number of aromatic nitrogens is 1. The number of piperidine rings is 1. The number of carbonyl (C=O) groups excluding carboxylic acids is 2. The standard InChI is InChI=1S/C23H23N3O3/c27-21(19-9-5-2-6-10-19)25-23-24-20(16-29-23)22(28)26-13-11-18(12-14-26)15-17-7-3-1-4-8-17/h1-10,16,18H,11-15H2,(H,24,25,27). The van der Waals surface area contributed by atoms with E-state index in [1.807, 2.05) is 17.0 Å². The molecule has 0 atom stereocenters. The van der Waals surface area contributed by atoms with Crippen LogP contribution in [0.5, 0.6) is 0 Å². The number of hydrogen-bond donors (Lipinski definition) is 1. The molecular weight excluding hydrogens is 366 g/mol. The van der Waals surface area contributed by atoms with Crippen LogP contribution in [0.3, 0.4) is 0 Å². The molecule has 0 bridgehead atoms. The van der Waals surface area contributed by atoms with Gasteiger partial charge >= 0.3 is 6.01 Å². The quantitative estimate of drug-likeness (QED) is 0.715. The van der Waals surface area contributed by atoms with Crippen molar-refractivity contribution >= 4 is 17.8 Å². The molecule has 1 aliphatic rings. The number of nitrogens with zero attached hydrogens (tertiary/aromatic N) is 2. The molecule has 1 aromatic heterocycles. The molecule has 2 aromatic carbocycles. The van der Waals surface area contributed by atoms with E-state index in [4.69, 9.17) is 4.42 Å². The van der Waals surface area contributed by atoms with Crippen LogP contribution in [0.1, 0.15) is 39.3 Å². The smallest absolute Gasteiger partial charge is 0.302 e. The van der Waals surface area contributed by atoms with Gasteiger partial charge in [0.25, 0.3) is 11.8 Å². The monoisotopic (exact) mass is 389 g/mol. The summed E-state index contributed by atoms with van der Waals surface area (Å²) in [7, 11) is 0. The Morgan fingerprint density at radius 1 is 1.00 bits per heavy atom. The van der Waals surface area contributed by atoms with E-state index in [-0.39, 0.29) is 23.5 Å². The van der Waals surface area contributed by atoms with E-state index in [2.05, 4.69) is 34.6 Å². The first kappa shape index (κ1) is 18.9. The number of hydrogen-bond acceptors (Lipinski definition) is 4. The Balaban J connectivity index is 1.31. The summed E-state index contributed by atoms with van der Waals surface area (Å²) >= 11 is 0. The Morgan fingerprint density at radius 3 is 2.34 bits per heavy atom. The third-order valence-corrected chi connectivity index (χ3v) is 5.25. The Hall–Kier alpha value is -3.41. The van der Waals surface area contributed by atoms with Crippen LogP contribution in [0.25, 0.3) is 0 Å². The molecule has 6 nitrogen and oxygen atoms in total. The molecule has 6 heteroatoms. The predicted molar refractivity (Wildman–Crippen MR) is 110 cm³/mol. The lowest BCUT2D eigenvalue weighted by molar-refractivity contribution is 0.0684. The fraction of sp³-hybridized carbons (Fsp3) is 0.261. The first-order valence-electron chi connectivity index (χ1n) is 9.84. The second kappa shape index (κ2) is 8.73. The third-order valence-electron chi connectivity index (χ3n) is 5.25. The highest BCUT2D eigenvalue weighted by Crippen LogP contribution is 2.23. The van der Waals surface area contributed by atoms with E-state index in [0.29, 0.717) is 24.6 Å². The molecule has 29 heavy (non-hydrogen) atoms. The first-order chi connectivity index (χ1) is 14.2. The average molecular weight is 389 g/mol. The Labute approximate surface area is 169 Å². The summed E-state index contributed by atoms with van der Waals surface area (Å²) in [5.74, 6) is 0.0970. The summed E-state index contributed by atoms with van der Waals surface area (Å²) in [6, 6.07) is 19.3. The van der Waals surface area contributed by atoms with Crippen LogP contribution in [0, 0.1) is 5.92 Å². The van der Waals surface area contributed by atoms with Crippen LogP contribution in [-0.4, -0.2) is 34.8 Å². The highest BCUT2D eigenvalue weighted by atomic mass is 16.4. The number of benzene rings is 2. The molecule has 0 aliphatic carbocycles. The molecule has 2 heterocycles. The van der Waals surface area contributed by atoms with E-state index in [1.54, 1.807) is 24.3 Å². The zero-order valence-corrected chi connectivity index (χ0v) is 16.1. The van der Waals surface area contributed by atoms with Crippen molar-refractivity contribution in [3.8, 4) is 0 Å². The molecule has 0 radical (unpaired) electrons. The number of oxazole rings is 1. The van der Waals surface area contributed by atoms with Gasteiger partial charge in [-0.25, -0.2) is 0 Å². The predicted octanol–water partition coefficient (Wildman–Crippen LogP) is 4.02. The van der Waals surface area contributed by atoms with Crippen LogP contribution in [0.15, 0.2) is 71.3 Å². The van der Waals surface area contributed by atoms with E-state index in [1.165, 1.54) is 11.8 Å². The molecular formula is C23H23N3O3. The molecule has 148 valence electrons. The molecule has 0 saturated carbocycles. The molecule has 1 N–H and O–H groups in total. The van der Waals surface area contributed by atoms with Gasteiger partial charge in [-0.3, -0.25) is 14.9 Å². The minimum absolute atomic E-state index is 0.0289. The molecule has 2 amide bonds. The van der Waals surface area contributed by atoms with Gasteiger partial charge in [-0.15, -0.1) is 0 Å². The van der Waals surface area contributed by atoms with Gasteiger partial charge < -0.3 is 9.32 Å². The van der Waals surface area contributed by atoms with E-state index >= 15 is 0 Å². The molecule has 1 fully saturated rings. The number of carbonyl (C=O) groups is 2. The summed E-state index contributed by atoms with van der Waals surface area (Å²) in [4.78, 5) is 30.9. The fourth-order valence-electron chi connectivity index (χ4n) is 3.64. The second-order valence-corrected chi connectivity index (χ2v) is 7.28. The van der Waals surface area contributed by atoms with Crippen LogP contribution < -0.4 is 5.32 Å². The molecule has 1 saturated heterocycles. The van der Waals surface area contributed by atoms with E-state index in [0.717, 1.165) is 19.3 Å². The summed E-state index contributed by atoms with van der Waals surface area (Å²) < 4.78 is 5.28. The van der Waals surface area contributed by atoms with Crippen molar-refractivity contribution in [2.75, 3.05) is 18.4 Å². The van der Waals surface area contributed by atoms with E-state index < -0.39 is 0 Å². The minimum Gasteiger partial charge on any atom is -0.431 e. The summed E-state index contributed by atoms with van der Waals surface area (Å²) in [6.07, 6.45) is 4.29. The van der Waals surface area contributed by atoms with Crippen molar-refractivity contribution in [1.82, 2.24) is 9.88 Å². The number of nitrogens with one attached hydrogen (secondary N) is 1. The molecule has 4 rings (SSSR count). The number of likely N-dealkylation sites (tertiary alicyclic amines) is 1. The lowest BCUT2D eigenvalue weighted by Gasteiger charge is -2.31. The second-order valence-electron chi connectivity index (χ2n) is 7.28. The normalized spacial score (nSPS) is 14.6. The van der Waals surface area contributed by atoms with Crippen LogP contribution in [0.2, 0.25) is 0 Å². The van der Waals surface area contributed by atoms with Gasteiger partial charge in [0.05, 0.1) is 0 Å². The number of anilines is 1. The van der Waals surface area contributed by atoms with Crippen LogP contribution in [-0.2, 0) is 6.42 Å². The first-order valence-corrected chi connectivity index (χ1v) is 9.84. The molecule has 3 aromatic rings. The van der Waals surface area contributed by atoms with Crippen LogP contribution >= 0.6 is 0 Å². The summed E-state index contributed by atoms with van der Waals surface area (Å²) in [5.41, 5.74) is 2.06. The maximum atomic E-state index is 12.7. The van der Waals surface area contributed by atoms with Gasteiger partial charge in [-0.05, 0) is 42.9 Å². The van der Waals surface area contributed by atoms with Gasteiger partial charge in [-0.2, -0.15) is 4.98 Å². The summed E-state index contributed by atoms with van der Waals surface area (Å²) in [5, 5.41) is 2.58. The largest absolute Gasteiger partial charge is 0.431 e. The van der Waals surface area contributed by atoms with Crippen molar-refractivity contribution in [1.29, 1.82) is 0 Å². The van der Waals surface area contributed by atoms with Gasteiger partial charge in [0, 0.05) is 18.7 Å². The molecule has 1 aliphatic heterocycles. The topological polar surface area (TPSA) is 75.4 Å². The van der Waals surface area contributed by atoms with Gasteiger partial charge in [0.15, 0.2) is 5.69 Å². The van der Waals surface area contributed by atoms with Crippen molar-refractivity contribution < 1.29 is 14.0 Å². The van der Waals surface area contributed by atoms with Crippen molar-refractivity contribution in [2.45, 2.75) is 19.3 Å². The van der Waals surface area contributed by atoms with E-state index in [9.17, 15) is 9.59 Å². The van der Waals surface area contributed by atoms with Crippen molar-refractivity contribution in [3.05, 3.63) is 83.7 Å². The minimum atomic E-state index is -0.326. The fourth-order valence-corrected chi connectivity index (χ4v) is 3.64. The SMILES string of the molecule is O=C(Nc1nc(C(=O)N2CCC(Cc3ccccc3)CC2)co1)c1ccccc1. The highest BCUT2D eigenvalue weighted by Gasteiger charge is 2.26. The van der Waals surface area contributed by atoms with Gasteiger partial charge in [-0.1, -0.05) is 48.5 Å². The lowest BCUT2D eigenvalue weighted by Crippen LogP contribution is -2.39. The number of rotatable bonds is 5. The maximum Gasteiger partial charge on any atom is 0.302 e. The van der Waals surface area contributed by atoms with Gasteiger partial charge in [0.1, 0.15) is 6.26 Å². The molecule has 0 spiro atoms. The lowest BCUT2D eigenvalue weighted by atomic mass is 9.90. The van der Waals surface area contributed by atoms with Crippen molar-refractivity contribution in [3.63, 3.8) is 0 Å². The van der Waals surface area contributed by atoms with Crippen molar-refractivity contribution in [2.24, 2.45) is 5.92 Å². The molecule has 0 unspecified atom stereocenters. The Bertz CT molecular complexity index is 961. The Kier molecular flexibility index (Phi) is 5.70. The number of amides is 2. The maximum absolute atomic E-state index is 12.7. The zero-order valence-electron chi connectivity index (χ0n) is 16.1. The zero-order chi connectivity index (χ0) is 20.1. The van der Waals surface area contributed by atoms with Crippen LogP contribution in [0.4, 0.5) is 6.01 Å². The third kappa shape index (κ3) is 4.71. The van der Waals surface area contributed by atoms with Gasteiger partial charge in [0.2, 0.25) is 0 Å².